The van der Waals surface area contributed by atoms with Crippen LogP contribution in [0.5, 0.6) is 0 Å². The third kappa shape index (κ3) is 3.72. The van der Waals surface area contributed by atoms with E-state index in [-0.39, 0.29) is 24.5 Å². The van der Waals surface area contributed by atoms with Gasteiger partial charge in [-0.05, 0) is 30.9 Å². The number of benzene rings is 1. The second kappa shape index (κ2) is 7.59. The minimum absolute atomic E-state index is 0.0557. The Kier molecular flexibility index (Phi) is 5.77. The Balaban J connectivity index is 2.30. The molecule has 1 N–H and O–H groups in total. The first-order valence-corrected chi connectivity index (χ1v) is 8.22. The maximum Gasteiger partial charge on any atom is 0.251 e. The molecule has 2 amide bonds. The predicted octanol–water partition coefficient (Wildman–Crippen LogP) is 2.20. The predicted molar refractivity (Wildman–Crippen MR) is 88.9 cm³/mol. The Morgan fingerprint density at radius 1 is 1.35 bits per heavy atom. The molecule has 1 fully saturated rings. The van der Waals surface area contributed by atoms with Crippen molar-refractivity contribution < 1.29 is 14.3 Å². The zero-order chi connectivity index (χ0) is 17.0. The lowest BCUT2D eigenvalue weighted by molar-refractivity contribution is -0.162. The van der Waals surface area contributed by atoms with E-state index in [4.69, 9.17) is 4.74 Å². The summed E-state index contributed by atoms with van der Waals surface area (Å²) in [5.74, 6) is -0.254. The number of carbonyl (C=O) groups is 2. The van der Waals surface area contributed by atoms with Crippen LogP contribution in [-0.2, 0) is 14.3 Å². The lowest BCUT2D eigenvalue weighted by atomic mass is 9.93. The van der Waals surface area contributed by atoms with Gasteiger partial charge in [-0.15, -0.1) is 0 Å². The first-order valence-electron chi connectivity index (χ1n) is 8.22. The number of likely N-dealkylation sites (N-methyl/N-ethyl adjacent to an activating group) is 1. The lowest BCUT2D eigenvalue weighted by Crippen LogP contribution is -2.54. The quantitative estimate of drug-likeness (QED) is 0.905. The third-order valence-corrected chi connectivity index (χ3v) is 4.58. The van der Waals surface area contributed by atoms with Gasteiger partial charge in [-0.25, -0.2) is 0 Å². The highest BCUT2D eigenvalue weighted by Gasteiger charge is 2.40. The number of morpholine rings is 1. The number of nitrogens with one attached hydrogen (secondary N) is 1. The molecule has 0 unspecified atom stereocenters. The molecule has 0 bridgehead atoms. The van der Waals surface area contributed by atoms with Gasteiger partial charge in [-0.1, -0.05) is 38.1 Å². The number of amides is 2. The van der Waals surface area contributed by atoms with Crippen LogP contribution in [0.3, 0.4) is 0 Å². The monoisotopic (exact) mass is 318 g/mol. The topological polar surface area (TPSA) is 58.6 Å². The van der Waals surface area contributed by atoms with E-state index in [2.05, 4.69) is 5.32 Å². The van der Waals surface area contributed by atoms with Crippen LogP contribution in [0.25, 0.3) is 0 Å². The molecule has 2 rings (SSSR count). The van der Waals surface area contributed by atoms with Crippen LogP contribution < -0.4 is 5.32 Å². The third-order valence-electron chi connectivity index (χ3n) is 4.58. The van der Waals surface area contributed by atoms with Crippen LogP contribution >= 0.6 is 0 Å². The van der Waals surface area contributed by atoms with Gasteiger partial charge in [0, 0.05) is 13.1 Å². The molecule has 23 heavy (non-hydrogen) atoms. The minimum Gasteiger partial charge on any atom is -0.356 e. The maximum atomic E-state index is 12.7. The summed E-state index contributed by atoms with van der Waals surface area (Å²) in [5.41, 5.74) is 2.00. The Morgan fingerprint density at radius 3 is 2.61 bits per heavy atom. The number of hydrogen-bond donors (Lipinski definition) is 1. The molecule has 0 spiro atoms. The maximum absolute atomic E-state index is 12.7. The molecule has 1 aliphatic heterocycles. The fourth-order valence-electron chi connectivity index (χ4n) is 3.00. The summed E-state index contributed by atoms with van der Waals surface area (Å²) in [6.45, 7) is 6.02. The van der Waals surface area contributed by atoms with Crippen LogP contribution in [0.1, 0.15) is 43.9 Å². The van der Waals surface area contributed by atoms with Crippen molar-refractivity contribution in [2.75, 3.05) is 13.7 Å². The normalized spacial score (nSPS) is 21.6. The van der Waals surface area contributed by atoms with Gasteiger partial charge in [-0.2, -0.15) is 0 Å². The minimum atomic E-state index is -0.681. The molecular formula is C18H26N2O3. The van der Waals surface area contributed by atoms with Crippen LogP contribution in [-0.4, -0.2) is 42.5 Å². The van der Waals surface area contributed by atoms with Gasteiger partial charge >= 0.3 is 0 Å². The fourth-order valence-corrected chi connectivity index (χ4v) is 3.00. The number of aryl methyl sites for hydroxylation is 1. The number of carbonyl (C=O) groups excluding carboxylic acids is 2. The van der Waals surface area contributed by atoms with Gasteiger partial charge in [0.2, 0.25) is 5.91 Å². The van der Waals surface area contributed by atoms with Crippen molar-refractivity contribution in [2.24, 2.45) is 0 Å². The van der Waals surface area contributed by atoms with E-state index in [1.165, 1.54) is 0 Å². The molecular weight excluding hydrogens is 292 g/mol. The smallest absolute Gasteiger partial charge is 0.251 e. The van der Waals surface area contributed by atoms with Crippen LogP contribution in [0.4, 0.5) is 0 Å². The molecule has 1 aliphatic rings. The molecule has 5 nitrogen and oxygen atoms in total. The molecule has 1 aromatic rings. The largest absolute Gasteiger partial charge is 0.356 e. The Labute approximate surface area is 138 Å². The molecule has 1 heterocycles. The molecule has 1 saturated heterocycles. The highest BCUT2D eigenvalue weighted by atomic mass is 16.5. The lowest BCUT2D eigenvalue weighted by Gasteiger charge is -2.39. The van der Waals surface area contributed by atoms with Gasteiger partial charge in [0.15, 0.2) is 6.10 Å². The van der Waals surface area contributed by atoms with Crippen molar-refractivity contribution in [1.82, 2.24) is 10.2 Å². The average molecular weight is 318 g/mol. The molecule has 1 aromatic carbocycles. The van der Waals surface area contributed by atoms with E-state index in [1.807, 2.05) is 45.0 Å². The van der Waals surface area contributed by atoms with E-state index in [0.29, 0.717) is 0 Å². The zero-order valence-corrected chi connectivity index (χ0v) is 14.3. The van der Waals surface area contributed by atoms with E-state index in [0.717, 1.165) is 24.0 Å². The van der Waals surface area contributed by atoms with Gasteiger partial charge in [-0.3, -0.25) is 9.59 Å². The Morgan fingerprint density at radius 2 is 2.00 bits per heavy atom. The van der Waals surface area contributed by atoms with Crippen molar-refractivity contribution in [1.29, 1.82) is 0 Å². The molecule has 126 valence electrons. The molecule has 0 radical (unpaired) electrons. The summed E-state index contributed by atoms with van der Waals surface area (Å²) < 4.78 is 5.63. The van der Waals surface area contributed by atoms with Crippen molar-refractivity contribution in [3.8, 4) is 0 Å². The van der Waals surface area contributed by atoms with E-state index < -0.39 is 12.1 Å². The first kappa shape index (κ1) is 17.5. The fraction of sp³-hybridized carbons (Fsp3) is 0.556. The second-order valence-corrected chi connectivity index (χ2v) is 6.06. The highest BCUT2D eigenvalue weighted by molar-refractivity contribution is 5.86. The SMILES string of the molecule is CCC(CC)NC(=O)[C@H]1OCC(=O)N(C)[C@@H]1c1ccccc1C. The van der Waals surface area contributed by atoms with Crippen LogP contribution in [0, 0.1) is 6.92 Å². The summed E-state index contributed by atoms with van der Waals surface area (Å²) in [7, 11) is 1.74. The standard InChI is InChI=1S/C18H26N2O3/c1-5-13(6-2)19-18(22)17-16(20(4)15(21)11-23-17)14-10-8-7-9-12(14)3/h7-10,13,16-17H,5-6,11H2,1-4H3,(H,19,22)/t16-,17+/m1/s1. The van der Waals surface area contributed by atoms with E-state index >= 15 is 0 Å². The number of ether oxygens (including phenoxy) is 1. The first-order chi connectivity index (χ1) is 11.0. The second-order valence-electron chi connectivity index (χ2n) is 6.06. The average Bonchev–Trinajstić information content (AvgIpc) is 2.55. The van der Waals surface area contributed by atoms with E-state index in [9.17, 15) is 9.59 Å². The Bertz CT molecular complexity index is 569. The van der Waals surface area contributed by atoms with Crippen molar-refractivity contribution in [2.45, 2.75) is 51.8 Å². The Hall–Kier alpha value is -1.88. The number of hydrogen-bond acceptors (Lipinski definition) is 3. The van der Waals surface area contributed by atoms with Crippen molar-refractivity contribution in [3.05, 3.63) is 35.4 Å². The number of rotatable bonds is 5. The van der Waals surface area contributed by atoms with Crippen LogP contribution in [0.15, 0.2) is 24.3 Å². The summed E-state index contributed by atoms with van der Waals surface area (Å²) >= 11 is 0. The number of nitrogens with zero attached hydrogens (tertiary/aromatic N) is 1. The highest BCUT2D eigenvalue weighted by Crippen LogP contribution is 2.31. The van der Waals surface area contributed by atoms with Gasteiger partial charge < -0.3 is 15.0 Å². The van der Waals surface area contributed by atoms with Crippen molar-refractivity contribution in [3.63, 3.8) is 0 Å². The molecule has 0 aliphatic carbocycles. The molecule has 0 aromatic heterocycles. The van der Waals surface area contributed by atoms with E-state index in [1.54, 1.807) is 11.9 Å². The van der Waals surface area contributed by atoms with Crippen molar-refractivity contribution >= 4 is 11.8 Å². The summed E-state index contributed by atoms with van der Waals surface area (Å²) in [4.78, 5) is 26.4. The summed E-state index contributed by atoms with van der Waals surface area (Å²) in [6.07, 6.45) is 1.07. The van der Waals surface area contributed by atoms with Gasteiger partial charge in [0.25, 0.3) is 5.91 Å². The summed E-state index contributed by atoms with van der Waals surface area (Å²) in [6, 6.07) is 7.54. The zero-order valence-electron chi connectivity index (χ0n) is 14.3. The van der Waals surface area contributed by atoms with Gasteiger partial charge in [0.1, 0.15) is 6.61 Å². The van der Waals surface area contributed by atoms with Gasteiger partial charge in [0.05, 0.1) is 6.04 Å². The molecule has 0 saturated carbocycles. The summed E-state index contributed by atoms with van der Waals surface area (Å²) in [5, 5.41) is 3.04. The van der Waals surface area contributed by atoms with Crippen LogP contribution in [0.2, 0.25) is 0 Å². The molecule has 2 atom stereocenters. The molecule has 5 heteroatoms.